The lowest BCUT2D eigenvalue weighted by Gasteiger charge is -2.01. The highest BCUT2D eigenvalue weighted by molar-refractivity contribution is 7.84. The van der Waals surface area contributed by atoms with E-state index in [-0.39, 0.29) is 0 Å². The molecule has 3 heteroatoms. The molecule has 0 N–H and O–H groups in total. The summed E-state index contributed by atoms with van der Waals surface area (Å²) in [7, 11) is -0.911. The molecular formula is C8H11NOS. The summed E-state index contributed by atoms with van der Waals surface area (Å²) in [6.45, 7) is 3.88. The molecule has 60 valence electrons. The third-order valence-electron chi connectivity index (χ3n) is 1.51. The zero-order valence-electron chi connectivity index (χ0n) is 6.92. The molecule has 0 saturated carbocycles. The van der Waals surface area contributed by atoms with Crippen LogP contribution in [0.25, 0.3) is 0 Å². The Hall–Kier alpha value is -0.700. The van der Waals surface area contributed by atoms with Crippen molar-refractivity contribution in [1.29, 1.82) is 0 Å². The van der Waals surface area contributed by atoms with Gasteiger partial charge < -0.3 is 0 Å². The van der Waals surface area contributed by atoms with E-state index < -0.39 is 10.8 Å². The largest absolute Gasteiger partial charge is 0.260 e. The van der Waals surface area contributed by atoms with Crippen LogP contribution in [-0.2, 0) is 10.8 Å². The van der Waals surface area contributed by atoms with E-state index in [1.165, 1.54) is 0 Å². The number of rotatable bonds is 1. The van der Waals surface area contributed by atoms with Gasteiger partial charge in [0.2, 0.25) is 0 Å². The summed E-state index contributed by atoms with van der Waals surface area (Å²) >= 11 is 0. The van der Waals surface area contributed by atoms with Crippen LogP contribution < -0.4 is 0 Å². The Balaban J connectivity index is 3.20. The van der Waals surface area contributed by atoms with Gasteiger partial charge in [-0.2, -0.15) is 0 Å². The van der Waals surface area contributed by atoms with Gasteiger partial charge in [-0.1, -0.05) is 0 Å². The van der Waals surface area contributed by atoms with Crippen molar-refractivity contribution in [3.05, 3.63) is 23.5 Å². The lowest BCUT2D eigenvalue weighted by atomic mass is 10.2. The first-order valence-corrected chi connectivity index (χ1v) is 4.93. The molecule has 1 atom stereocenters. The van der Waals surface area contributed by atoms with Crippen molar-refractivity contribution in [1.82, 2.24) is 4.98 Å². The Kier molecular flexibility index (Phi) is 2.39. The second kappa shape index (κ2) is 3.13. The third kappa shape index (κ3) is 1.87. The van der Waals surface area contributed by atoms with Gasteiger partial charge in [-0.05, 0) is 25.5 Å². The van der Waals surface area contributed by atoms with Gasteiger partial charge in [0, 0.05) is 18.1 Å². The minimum Gasteiger partial charge on any atom is -0.260 e. The van der Waals surface area contributed by atoms with Crippen LogP contribution in [-0.4, -0.2) is 15.4 Å². The fourth-order valence-electron chi connectivity index (χ4n) is 0.985. The van der Waals surface area contributed by atoms with Gasteiger partial charge in [-0.25, -0.2) is 0 Å². The summed E-state index contributed by atoms with van der Waals surface area (Å²) in [5.74, 6) is 0. The van der Waals surface area contributed by atoms with Crippen LogP contribution >= 0.6 is 0 Å². The zero-order valence-corrected chi connectivity index (χ0v) is 7.73. The van der Waals surface area contributed by atoms with E-state index in [1.54, 1.807) is 12.5 Å². The molecule has 1 aromatic heterocycles. The third-order valence-corrected chi connectivity index (χ3v) is 2.56. The summed E-state index contributed by atoms with van der Waals surface area (Å²) in [5, 5.41) is 0. The van der Waals surface area contributed by atoms with E-state index in [0.717, 1.165) is 16.2 Å². The highest BCUT2D eigenvalue weighted by Crippen LogP contribution is 2.10. The first kappa shape index (κ1) is 8.40. The van der Waals surface area contributed by atoms with Crippen LogP contribution in [0.5, 0.6) is 0 Å². The monoisotopic (exact) mass is 169 g/mol. The Labute approximate surface area is 69.1 Å². The van der Waals surface area contributed by atoms with Crippen LogP contribution in [0.1, 0.15) is 11.3 Å². The average molecular weight is 169 g/mol. The van der Waals surface area contributed by atoms with E-state index in [1.807, 2.05) is 19.9 Å². The SMILES string of the molecule is Cc1cc(C)c(S(C)=O)cn1. The molecule has 0 spiro atoms. The van der Waals surface area contributed by atoms with Gasteiger partial charge in [0.15, 0.2) is 0 Å². The number of hydrogen-bond donors (Lipinski definition) is 0. The lowest BCUT2D eigenvalue weighted by Crippen LogP contribution is -1.94. The Morgan fingerprint density at radius 1 is 1.45 bits per heavy atom. The van der Waals surface area contributed by atoms with Crippen molar-refractivity contribution in [2.24, 2.45) is 0 Å². The average Bonchev–Trinajstić information content (AvgIpc) is 1.85. The molecule has 1 heterocycles. The Bertz CT molecular complexity index is 296. The van der Waals surface area contributed by atoms with E-state index in [4.69, 9.17) is 0 Å². The first-order chi connectivity index (χ1) is 5.11. The molecule has 11 heavy (non-hydrogen) atoms. The molecule has 0 aliphatic carbocycles. The fourth-order valence-corrected chi connectivity index (χ4v) is 1.70. The minimum atomic E-state index is -0.911. The second-order valence-corrected chi connectivity index (χ2v) is 3.89. The highest BCUT2D eigenvalue weighted by atomic mass is 32.2. The van der Waals surface area contributed by atoms with Crippen LogP contribution in [0, 0.1) is 13.8 Å². The number of hydrogen-bond acceptors (Lipinski definition) is 2. The quantitative estimate of drug-likeness (QED) is 0.636. The molecule has 2 nitrogen and oxygen atoms in total. The van der Waals surface area contributed by atoms with Gasteiger partial charge in [-0.15, -0.1) is 0 Å². The van der Waals surface area contributed by atoms with Crippen molar-refractivity contribution in [2.45, 2.75) is 18.7 Å². The molecule has 0 aliphatic heterocycles. The van der Waals surface area contributed by atoms with Crippen LogP contribution in [0.2, 0.25) is 0 Å². The summed E-state index contributed by atoms with van der Waals surface area (Å²) in [6, 6.07) is 1.94. The van der Waals surface area contributed by atoms with Crippen molar-refractivity contribution < 1.29 is 4.21 Å². The van der Waals surface area contributed by atoms with E-state index in [0.29, 0.717) is 0 Å². The zero-order chi connectivity index (χ0) is 8.43. The molecule has 0 radical (unpaired) electrons. The van der Waals surface area contributed by atoms with Crippen molar-refractivity contribution in [2.75, 3.05) is 6.26 Å². The molecule has 0 saturated heterocycles. The lowest BCUT2D eigenvalue weighted by molar-refractivity contribution is 0.686. The number of pyridine rings is 1. The summed E-state index contributed by atoms with van der Waals surface area (Å²) in [6.07, 6.45) is 3.35. The minimum absolute atomic E-state index is 0.829. The maximum absolute atomic E-state index is 11.0. The van der Waals surface area contributed by atoms with Gasteiger partial charge in [0.25, 0.3) is 0 Å². The second-order valence-electron chi connectivity index (χ2n) is 2.55. The molecule has 0 bridgehead atoms. The molecule has 1 unspecified atom stereocenters. The van der Waals surface area contributed by atoms with Gasteiger partial charge in [0.1, 0.15) is 0 Å². The summed E-state index contributed by atoms with van der Waals surface area (Å²) in [4.78, 5) is 4.90. The van der Waals surface area contributed by atoms with Crippen molar-refractivity contribution in [3.63, 3.8) is 0 Å². The maximum atomic E-state index is 11.0. The molecule has 0 aliphatic rings. The van der Waals surface area contributed by atoms with Gasteiger partial charge >= 0.3 is 0 Å². The number of aromatic nitrogens is 1. The van der Waals surface area contributed by atoms with Gasteiger partial charge in [-0.3, -0.25) is 9.19 Å². The number of aryl methyl sites for hydroxylation is 2. The Morgan fingerprint density at radius 2 is 2.09 bits per heavy atom. The Morgan fingerprint density at radius 3 is 2.55 bits per heavy atom. The normalized spacial score (nSPS) is 13.0. The predicted octanol–water partition coefficient (Wildman–Crippen LogP) is 1.44. The fraction of sp³-hybridized carbons (Fsp3) is 0.375. The van der Waals surface area contributed by atoms with Crippen molar-refractivity contribution >= 4 is 10.8 Å². The molecule has 0 aromatic carbocycles. The molecule has 0 fully saturated rings. The van der Waals surface area contributed by atoms with E-state index >= 15 is 0 Å². The summed E-state index contributed by atoms with van der Waals surface area (Å²) in [5.41, 5.74) is 2.02. The van der Waals surface area contributed by atoms with Gasteiger partial charge in [0.05, 0.1) is 15.7 Å². The van der Waals surface area contributed by atoms with Crippen LogP contribution in [0.15, 0.2) is 17.2 Å². The standard InChI is InChI=1S/C8H11NOS/c1-6-4-7(2)9-5-8(6)11(3)10/h4-5H,1-3H3. The number of nitrogens with zero attached hydrogens (tertiary/aromatic N) is 1. The van der Waals surface area contributed by atoms with Crippen molar-refractivity contribution in [3.8, 4) is 0 Å². The summed E-state index contributed by atoms with van der Waals surface area (Å²) < 4.78 is 11.0. The molecular weight excluding hydrogens is 158 g/mol. The molecule has 0 amide bonds. The van der Waals surface area contributed by atoms with E-state index in [2.05, 4.69) is 4.98 Å². The highest BCUT2D eigenvalue weighted by Gasteiger charge is 2.01. The first-order valence-electron chi connectivity index (χ1n) is 3.38. The molecule has 1 rings (SSSR count). The van der Waals surface area contributed by atoms with Crippen LogP contribution in [0.3, 0.4) is 0 Å². The predicted molar refractivity (Wildman–Crippen MR) is 46.0 cm³/mol. The maximum Gasteiger partial charge on any atom is 0.0597 e. The van der Waals surface area contributed by atoms with E-state index in [9.17, 15) is 4.21 Å². The topological polar surface area (TPSA) is 30.0 Å². The smallest absolute Gasteiger partial charge is 0.0597 e. The van der Waals surface area contributed by atoms with Crippen LogP contribution in [0.4, 0.5) is 0 Å². The molecule has 1 aromatic rings.